The van der Waals surface area contributed by atoms with Crippen LogP contribution in [0.3, 0.4) is 0 Å². The van der Waals surface area contributed by atoms with E-state index in [-0.39, 0.29) is 22.1 Å². The van der Waals surface area contributed by atoms with E-state index in [0.717, 1.165) is 0 Å². The second-order valence-corrected chi connectivity index (χ2v) is 5.54. The summed E-state index contributed by atoms with van der Waals surface area (Å²) in [6.45, 7) is 3.83. The van der Waals surface area contributed by atoms with Crippen LogP contribution in [0.4, 0.5) is 0 Å². The van der Waals surface area contributed by atoms with E-state index >= 15 is 0 Å². The van der Waals surface area contributed by atoms with E-state index in [9.17, 15) is 14.7 Å². The standard InChI is InChI=1S/C19H16N2O5/c1-11-15(10-13-4-3-5-16(26-2)17(13)22)18(23)21(20-11)14-8-6-12(7-9-14)19(24)25/h3-10,20,22H,1H2,2H3,(H,24,25)/b15-10-. The molecule has 7 heteroatoms. The van der Waals surface area contributed by atoms with Crippen LogP contribution in [0.25, 0.3) is 18.3 Å². The van der Waals surface area contributed by atoms with Crippen molar-refractivity contribution in [2.75, 3.05) is 7.11 Å². The van der Waals surface area contributed by atoms with Gasteiger partial charge in [0.15, 0.2) is 11.5 Å². The molecule has 1 heterocycles. The summed E-state index contributed by atoms with van der Waals surface area (Å²) in [5, 5.41) is 22.6. The van der Waals surface area contributed by atoms with Crippen LogP contribution in [0, 0.1) is 0 Å². The largest absolute Gasteiger partial charge is 0.504 e. The molecule has 132 valence electrons. The number of aromatic nitrogens is 2. The van der Waals surface area contributed by atoms with Crippen LogP contribution in [0.2, 0.25) is 0 Å². The molecular formula is C19H16N2O5. The molecule has 3 N–H and O–H groups in total. The summed E-state index contributed by atoms with van der Waals surface area (Å²) in [5.74, 6) is -0.826. The van der Waals surface area contributed by atoms with Crippen molar-refractivity contribution in [1.29, 1.82) is 0 Å². The predicted octanol–water partition coefficient (Wildman–Crippen LogP) is 0.817. The highest BCUT2D eigenvalue weighted by Crippen LogP contribution is 2.29. The van der Waals surface area contributed by atoms with Gasteiger partial charge in [-0.1, -0.05) is 18.7 Å². The van der Waals surface area contributed by atoms with Crippen molar-refractivity contribution in [1.82, 2.24) is 9.78 Å². The van der Waals surface area contributed by atoms with Crippen LogP contribution in [0.15, 0.2) is 47.3 Å². The zero-order valence-corrected chi connectivity index (χ0v) is 13.9. The summed E-state index contributed by atoms with van der Waals surface area (Å²) in [6.07, 6.45) is 1.52. The van der Waals surface area contributed by atoms with Crippen molar-refractivity contribution < 1.29 is 19.7 Å². The van der Waals surface area contributed by atoms with Crippen molar-refractivity contribution in [3.8, 4) is 17.2 Å². The van der Waals surface area contributed by atoms with Crippen molar-refractivity contribution in [3.63, 3.8) is 0 Å². The van der Waals surface area contributed by atoms with Gasteiger partial charge in [-0.25, -0.2) is 9.48 Å². The zero-order chi connectivity index (χ0) is 18.8. The number of H-pyrrole nitrogens is 1. The minimum atomic E-state index is -1.05. The number of benzene rings is 2. The fourth-order valence-electron chi connectivity index (χ4n) is 2.56. The normalized spacial score (nSPS) is 11.5. The highest BCUT2D eigenvalue weighted by atomic mass is 16.5. The number of methoxy groups -OCH3 is 1. The maximum atomic E-state index is 12.7. The molecule has 1 aromatic heterocycles. The Morgan fingerprint density at radius 3 is 2.54 bits per heavy atom. The number of nitrogens with one attached hydrogen (secondary N) is 1. The summed E-state index contributed by atoms with van der Waals surface area (Å²) in [7, 11) is 1.44. The number of carboxylic acid groups (broad SMARTS) is 1. The second kappa shape index (κ2) is 6.64. The number of carbonyl (C=O) groups is 1. The molecule has 0 saturated heterocycles. The molecule has 2 aromatic carbocycles. The molecule has 0 aliphatic rings. The highest BCUT2D eigenvalue weighted by Gasteiger charge is 2.09. The Kier molecular flexibility index (Phi) is 4.36. The van der Waals surface area contributed by atoms with Crippen LogP contribution in [0.1, 0.15) is 15.9 Å². The van der Waals surface area contributed by atoms with Gasteiger partial charge < -0.3 is 14.9 Å². The molecule has 0 spiro atoms. The van der Waals surface area contributed by atoms with Crippen LogP contribution < -0.4 is 20.9 Å². The minimum Gasteiger partial charge on any atom is -0.504 e. The van der Waals surface area contributed by atoms with Crippen molar-refractivity contribution in [3.05, 3.63) is 74.5 Å². The molecule has 7 nitrogen and oxygen atoms in total. The van der Waals surface area contributed by atoms with Crippen LogP contribution in [-0.4, -0.2) is 33.1 Å². The maximum absolute atomic E-state index is 12.7. The fourth-order valence-corrected chi connectivity index (χ4v) is 2.56. The number of nitrogens with zero attached hydrogens (tertiary/aromatic N) is 1. The minimum absolute atomic E-state index is 0.0765. The smallest absolute Gasteiger partial charge is 0.335 e. The predicted molar refractivity (Wildman–Crippen MR) is 96.3 cm³/mol. The monoisotopic (exact) mass is 352 g/mol. The highest BCUT2D eigenvalue weighted by molar-refractivity contribution is 5.87. The topological polar surface area (TPSA) is 105 Å². The lowest BCUT2D eigenvalue weighted by Crippen LogP contribution is -2.33. The lowest BCUT2D eigenvalue weighted by molar-refractivity contribution is 0.0697. The molecule has 0 unspecified atom stereocenters. The average molecular weight is 352 g/mol. The summed E-state index contributed by atoms with van der Waals surface area (Å²) in [5.41, 5.74) is 0.634. The lowest BCUT2D eigenvalue weighted by atomic mass is 10.1. The number of para-hydroxylation sites is 1. The number of aromatic carboxylic acids is 1. The summed E-state index contributed by atoms with van der Waals surface area (Å²) >= 11 is 0. The van der Waals surface area contributed by atoms with Gasteiger partial charge in [-0.05, 0) is 36.4 Å². The first kappa shape index (κ1) is 17.1. The van der Waals surface area contributed by atoms with Gasteiger partial charge in [0.1, 0.15) is 0 Å². The Hall–Kier alpha value is -3.74. The fraction of sp³-hybridized carbons (Fsp3) is 0.0526. The number of phenolic OH excluding ortho intramolecular Hbond substituents is 1. The molecule has 26 heavy (non-hydrogen) atoms. The first-order valence-corrected chi connectivity index (χ1v) is 7.63. The molecule has 0 amide bonds. The Balaban J connectivity index is 2.14. The summed E-state index contributed by atoms with van der Waals surface area (Å²) in [6, 6.07) is 10.8. The van der Waals surface area contributed by atoms with Crippen LogP contribution >= 0.6 is 0 Å². The average Bonchev–Trinajstić information content (AvgIpc) is 2.91. The Labute approximate surface area is 147 Å². The third-order valence-electron chi connectivity index (χ3n) is 3.93. The van der Waals surface area contributed by atoms with Gasteiger partial charge in [0.2, 0.25) is 0 Å². The molecule has 0 atom stereocenters. The molecule has 3 rings (SSSR count). The van der Waals surface area contributed by atoms with E-state index in [0.29, 0.717) is 22.3 Å². The van der Waals surface area contributed by atoms with Crippen molar-refractivity contribution in [2.24, 2.45) is 0 Å². The number of phenols is 1. The molecule has 0 bridgehead atoms. The Morgan fingerprint density at radius 1 is 1.23 bits per heavy atom. The molecule has 0 saturated carbocycles. The molecule has 3 aromatic rings. The molecule has 0 aliphatic heterocycles. The van der Waals surface area contributed by atoms with Crippen molar-refractivity contribution >= 4 is 18.6 Å². The van der Waals surface area contributed by atoms with E-state index in [4.69, 9.17) is 9.84 Å². The third kappa shape index (κ3) is 2.98. The number of hydrogen-bond acceptors (Lipinski definition) is 4. The lowest BCUT2D eigenvalue weighted by Gasteiger charge is -2.04. The first-order chi connectivity index (χ1) is 12.4. The number of hydrogen-bond donors (Lipinski definition) is 3. The van der Waals surface area contributed by atoms with Gasteiger partial charge in [0.25, 0.3) is 5.56 Å². The van der Waals surface area contributed by atoms with E-state index in [2.05, 4.69) is 11.7 Å². The van der Waals surface area contributed by atoms with Gasteiger partial charge in [0.05, 0.1) is 28.9 Å². The molecule has 0 aliphatic carbocycles. The first-order valence-electron chi connectivity index (χ1n) is 7.63. The molecule has 0 radical (unpaired) electrons. The second-order valence-electron chi connectivity index (χ2n) is 5.54. The number of rotatable bonds is 4. The number of aromatic hydroxyl groups is 1. The van der Waals surface area contributed by atoms with Gasteiger partial charge in [-0.15, -0.1) is 0 Å². The van der Waals surface area contributed by atoms with E-state index in [1.807, 2.05) is 0 Å². The maximum Gasteiger partial charge on any atom is 0.335 e. The van der Waals surface area contributed by atoms with Gasteiger partial charge in [0, 0.05) is 5.56 Å². The summed E-state index contributed by atoms with van der Waals surface area (Å²) < 4.78 is 6.33. The summed E-state index contributed by atoms with van der Waals surface area (Å²) in [4.78, 5) is 23.6. The number of carboxylic acids is 1. The van der Waals surface area contributed by atoms with Crippen molar-refractivity contribution in [2.45, 2.75) is 0 Å². The number of aromatic amines is 1. The van der Waals surface area contributed by atoms with E-state index in [1.54, 1.807) is 18.2 Å². The molecule has 0 fully saturated rings. The third-order valence-corrected chi connectivity index (χ3v) is 3.93. The Bertz CT molecular complexity index is 1140. The van der Waals surface area contributed by atoms with Gasteiger partial charge in [-0.2, -0.15) is 0 Å². The zero-order valence-electron chi connectivity index (χ0n) is 13.9. The number of ether oxygens (including phenoxy) is 1. The van der Waals surface area contributed by atoms with Gasteiger partial charge >= 0.3 is 5.97 Å². The van der Waals surface area contributed by atoms with Crippen LogP contribution in [-0.2, 0) is 0 Å². The van der Waals surface area contributed by atoms with E-state index in [1.165, 1.54) is 42.1 Å². The quantitative estimate of drug-likeness (QED) is 0.645. The van der Waals surface area contributed by atoms with Crippen LogP contribution in [0.5, 0.6) is 11.5 Å². The Morgan fingerprint density at radius 2 is 1.92 bits per heavy atom. The van der Waals surface area contributed by atoms with E-state index < -0.39 is 5.97 Å². The SMILES string of the molecule is C=c1[nH]n(-c2ccc(C(=O)O)cc2)c(=O)/c1=C\c1cccc(OC)c1O. The molecular weight excluding hydrogens is 336 g/mol. The van der Waals surface area contributed by atoms with Gasteiger partial charge in [-0.3, -0.25) is 9.89 Å².